The monoisotopic (exact) mass is 342 g/mol. The Morgan fingerprint density at radius 1 is 1.40 bits per heavy atom. The number of carbonyl (C=O) groups excluding carboxylic acids is 2. The lowest BCUT2D eigenvalue weighted by Crippen LogP contribution is -2.57. The number of aryl methyl sites for hydroxylation is 1. The van der Waals surface area contributed by atoms with Gasteiger partial charge in [0.05, 0.1) is 7.11 Å². The van der Waals surface area contributed by atoms with Crippen LogP contribution in [0.5, 0.6) is 5.75 Å². The van der Waals surface area contributed by atoms with Crippen LogP contribution in [0.4, 0.5) is 0 Å². The van der Waals surface area contributed by atoms with Gasteiger partial charge in [0.1, 0.15) is 17.5 Å². The van der Waals surface area contributed by atoms with E-state index >= 15 is 0 Å². The number of hydrogen-bond acceptors (Lipinski definition) is 4. The van der Waals surface area contributed by atoms with Gasteiger partial charge in [-0.25, -0.2) is 4.68 Å². The molecule has 7 nitrogen and oxygen atoms in total. The second kappa shape index (κ2) is 6.96. The van der Waals surface area contributed by atoms with E-state index < -0.39 is 6.04 Å². The van der Waals surface area contributed by atoms with Crippen LogP contribution < -0.4 is 10.1 Å². The van der Waals surface area contributed by atoms with Crippen LogP contribution >= 0.6 is 0 Å². The second-order valence-corrected chi connectivity index (χ2v) is 6.03. The van der Waals surface area contributed by atoms with Gasteiger partial charge in [-0.1, -0.05) is 13.0 Å². The summed E-state index contributed by atoms with van der Waals surface area (Å²) in [6, 6.07) is 7.00. The molecule has 1 saturated heterocycles. The Balaban J connectivity index is 1.90. The number of methoxy groups -OCH3 is 1. The first-order valence-electron chi connectivity index (χ1n) is 8.34. The van der Waals surface area contributed by atoms with Crippen molar-refractivity contribution in [2.45, 2.75) is 26.3 Å². The van der Waals surface area contributed by atoms with Gasteiger partial charge in [-0.15, -0.1) is 0 Å². The van der Waals surface area contributed by atoms with Gasteiger partial charge in [0, 0.05) is 19.3 Å². The molecular formula is C18H22N4O3. The lowest BCUT2D eigenvalue weighted by atomic mass is 10.1. The van der Waals surface area contributed by atoms with Gasteiger partial charge < -0.3 is 15.0 Å². The van der Waals surface area contributed by atoms with Crippen molar-refractivity contribution in [3.05, 3.63) is 41.7 Å². The number of hydrogen-bond donors (Lipinski definition) is 1. The van der Waals surface area contributed by atoms with E-state index in [1.54, 1.807) is 29.0 Å². The van der Waals surface area contributed by atoms with Crippen LogP contribution in [0.3, 0.4) is 0 Å². The molecule has 0 saturated carbocycles. The van der Waals surface area contributed by atoms with Crippen LogP contribution in [0.25, 0.3) is 5.69 Å². The van der Waals surface area contributed by atoms with E-state index in [1.807, 2.05) is 32.0 Å². The molecule has 0 spiro atoms. The van der Waals surface area contributed by atoms with Crippen molar-refractivity contribution in [1.82, 2.24) is 20.0 Å². The molecule has 0 radical (unpaired) electrons. The van der Waals surface area contributed by atoms with Crippen LogP contribution in [0.1, 0.15) is 29.4 Å². The summed E-state index contributed by atoms with van der Waals surface area (Å²) in [7, 11) is 1.60. The molecule has 1 aromatic carbocycles. The quantitative estimate of drug-likeness (QED) is 0.914. The molecular weight excluding hydrogens is 320 g/mol. The van der Waals surface area contributed by atoms with Crippen LogP contribution in [0.2, 0.25) is 0 Å². The summed E-state index contributed by atoms with van der Waals surface area (Å²) < 4.78 is 7.01. The van der Waals surface area contributed by atoms with Crippen molar-refractivity contribution in [1.29, 1.82) is 0 Å². The number of nitrogens with one attached hydrogen (secondary N) is 1. The van der Waals surface area contributed by atoms with Crippen LogP contribution in [0.15, 0.2) is 30.5 Å². The summed E-state index contributed by atoms with van der Waals surface area (Å²) in [6.45, 7) is 4.83. The fourth-order valence-corrected chi connectivity index (χ4v) is 3.06. The molecule has 3 rings (SSSR count). The molecule has 0 bridgehead atoms. The van der Waals surface area contributed by atoms with Crippen molar-refractivity contribution in [2.75, 3.05) is 20.2 Å². The summed E-state index contributed by atoms with van der Waals surface area (Å²) >= 11 is 0. The van der Waals surface area contributed by atoms with E-state index in [4.69, 9.17) is 4.74 Å². The maximum atomic E-state index is 12.8. The fourth-order valence-electron chi connectivity index (χ4n) is 3.06. The molecule has 1 aliphatic heterocycles. The molecule has 1 fully saturated rings. The number of carbonyl (C=O) groups is 2. The van der Waals surface area contributed by atoms with Crippen LogP contribution in [-0.2, 0) is 4.79 Å². The molecule has 2 aromatic rings. The van der Waals surface area contributed by atoms with E-state index in [2.05, 4.69) is 10.4 Å². The minimum absolute atomic E-state index is 0.109. The minimum Gasteiger partial charge on any atom is -0.494 e. The third-order valence-corrected chi connectivity index (χ3v) is 4.37. The van der Waals surface area contributed by atoms with Crippen molar-refractivity contribution in [3.8, 4) is 11.4 Å². The topological polar surface area (TPSA) is 76.5 Å². The number of rotatable bonds is 4. The second-order valence-electron chi connectivity index (χ2n) is 6.03. The number of nitrogens with zero attached hydrogens (tertiary/aromatic N) is 3. The third-order valence-electron chi connectivity index (χ3n) is 4.37. The number of amides is 2. The highest BCUT2D eigenvalue weighted by atomic mass is 16.5. The average molecular weight is 342 g/mol. The molecule has 2 amide bonds. The van der Waals surface area contributed by atoms with Gasteiger partial charge in [0.15, 0.2) is 5.69 Å². The zero-order valence-electron chi connectivity index (χ0n) is 14.7. The number of aromatic nitrogens is 2. The van der Waals surface area contributed by atoms with E-state index in [9.17, 15) is 9.59 Å². The Bertz CT molecular complexity index is 799. The van der Waals surface area contributed by atoms with Gasteiger partial charge in [0.25, 0.3) is 5.91 Å². The molecule has 1 aliphatic rings. The molecule has 2 heterocycles. The Labute approximate surface area is 146 Å². The van der Waals surface area contributed by atoms with Crippen molar-refractivity contribution >= 4 is 11.8 Å². The summed E-state index contributed by atoms with van der Waals surface area (Å²) in [6.07, 6.45) is 2.31. The zero-order chi connectivity index (χ0) is 18.0. The van der Waals surface area contributed by atoms with Gasteiger partial charge >= 0.3 is 0 Å². The summed E-state index contributed by atoms with van der Waals surface area (Å²) in [5, 5.41) is 7.21. The summed E-state index contributed by atoms with van der Waals surface area (Å²) in [4.78, 5) is 26.4. The van der Waals surface area contributed by atoms with Crippen LogP contribution in [-0.4, -0.2) is 52.7 Å². The van der Waals surface area contributed by atoms with E-state index in [1.165, 1.54) is 0 Å². The number of ether oxygens (including phenoxy) is 1. The Kier molecular flexibility index (Phi) is 4.74. The fraction of sp³-hybridized carbons (Fsp3) is 0.389. The molecule has 1 aromatic heterocycles. The molecule has 0 aliphatic carbocycles. The van der Waals surface area contributed by atoms with Gasteiger partial charge in [-0.3, -0.25) is 9.59 Å². The normalized spacial score (nSPS) is 17.3. The Morgan fingerprint density at radius 2 is 2.20 bits per heavy atom. The third kappa shape index (κ3) is 3.22. The van der Waals surface area contributed by atoms with E-state index in [0.29, 0.717) is 31.0 Å². The Morgan fingerprint density at radius 3 is 2.92 bits per heavy atom. The van der Waals surface area contributed by atoms with Crippen LogP contribution in [0, 0.1) is 6.92 Å². The van der Waals surface area contributed by atoms with Gasteiger partial charge in [-0.05, 0) is 37.1 Å². The molecule has 1 atom stereocenters. The summed E-state index contributed by atoms with van der Waals surface area (Å²) in [5.74, 6) is 0.338. The predicted molar refractivity (Wildman–Crippen MR) is 93.0 cm³/mol. The number of piperazine rings is 1. The van der Waals surface area contributed by atoms with Gasteiger partial charge in [-0.2, -0.15) is 5.10 Å². The molecule has 25 heavy (non-hydrogen) atoms. The van der Waals surface area contributed by atoms with Crippen molar-refractivity contribution in [2.24, 2.45) is 0 Å². The van der Waals surface area contributed by atoms with E-state index in [0.717, 1.165) is 11.3 Å². The maximum Gasteiger partial charge on any atom is 0.275 e. The lowest BCUT2D eigenvalue weighted by Gasteiger charge is -2.33. The zero-order valence-corrected chi connectivity index (χ0v) is 14.7. The lowest BCUT2D eigenvalue weighted by molar-refractivity contribution is -0.127. The largest absolute Gasteiger partial charge is 0.494 e. The first kappa shape index (κ1) is 17.0. The SMILES string of the molecule is CCC1C(=O)NCCN1C(=O)c1ccn(-c2cc(C)ccc2OC)n1. The average Bonchev–Trinajstić information content (AvgIpc) is 3.10. The standard InChI is InChI=1S/C18H22N4O3/c1-4-14-17(23)19-8-10-21(14)18(24)13-7-9-22(20-13)15-11-12(2)5-6-16(15)25-3/h5-7,9,11,14H,4,8,10H2,1-3H3,(H,19,23). The smallest absolute Gasteiger partial charge is 0.275 e. The highest BCUT2D eigenvalue weighted by Crippen LogP contribution is 2.24. The maximum absolute atomic E-state index is 12.8. The van der Waals surface area contributed by atoms with Crippen molar-refractivity contribution in [3.63, 3.8) is 0 Å². The molecule has 7 heteroatoms. The number of benzene rings is 1. The highest BCUT2D eigenvalue weighted by Gasteiger charge is 2.33. The van der Waals surface area contributed by atoms with E-state index in [-0.39, 0.29) is 11.8 Å². The first-order valence-corrected chi connectivity index (χ1v) is 8.34. The Hall–Kier alpha value is -2.83. The highest BCUT2D eigenvalue weighted by molar-refractivity contribution is 5.96. The first-order chi connectivity index (χ1) is 12.0. The molecule has 132 valence electrons. The van der Waals surface area contributed by atoms with Gasteiger partial charge in [0.2, 0.25) is 5.91 Å². The molecule has 1 N–H and O–H groups in total. The minimum atomic E-state index is -0.445. The van der Waals surface area contributed by atoms with Crippen molar-refractivity contribution < 1.29 is 14.3 Å². The predicted octanol–water partition coefficient (Wildman–Crippen LogP) is 1.54. The summed E-state index contributed by atoms with van der Waals surface area (Å²) in [5.41, 5.74) is 2.15. The molecule has 1 unspecified atom stereocenters.